The van der Waals surface area contributed by atoms with E-state index < -0.39 is 0 Å². The number of rotatable bonds is 4. The molecule has 7 nitrogen and oxygen atoms in total. The van der Waals surface area contributed by atoms with Crippen LogP contribution in [0.25, 0.3) is 0 Å². The molecule has 1 aromatic carbocycles. The van der Waals surface area contributed by atoms with Crippen LogP contribution in [0.5, 0.6) is 11.5 Å². The van der Waals surface area contributed by atoms with Crippen molar-refractivity contribution >= 4 is 12.0 Å². The maximum absolute atomic E-state index is 12.7. The second kappa shape index (κ2) is 9.01. The molecule has 2 saturated heterocycles. The standard InChI is InChI=1S/C21H26N4O3/c26-21(25-10-4-5-17(15-25)16-8-11-27-12-9-16)24-20-22-13-19(14-23-20)28-18-6-2-1-3-7-18/h1-3,6-7,13-14,16-17H,4-5,8-12,15H2,(H,22,23,24,26). The number of piperidine rings is 1. The lowest BCUT2D eigenvalue weighted by Gasteiger charge is -2.38. The van der Waals surface area contributed by atoms with Gasteiger partial charge in [-0.2, -0.15) is 0 Å². The van der Waals surface area contributed by atoms with Gasteiger partial charge in [-0.1, -0.05) is 18.2 Å². The number of hydrogen-bond acceptors (Lipinski definition) is 5. The average Bonchev–Trinajstić information content (AvgIpc) is 2.76. The molecule has 0 saturated carbocycles. The van der Waals surface area contributed by atoms with Crippen molar-refractivity contribution in [1.82, 2.24) is 14.9 Å². The fourth-order valence-corrected chi connectivity index (χ4v) is 4.00. The number of carbonyl (C=O) groups excluding carboxylic acids is 1. The molecule has 1 atom stereocenters. The van der Waals surface area contributed by atoms with E-state index in [1.807, 2.05) is 35.2 Å². The molecule has 0 bridgehead atoms. The number of aromatic nitrogens is 2. The van der Waals surface area contributed by atoms with E-state index >= 15 is 0 Å². The zero-order valence-corrected chi connectivity index (χ0v) is 15.9. The Morgan fingerprint density at radius 2 is 1.79 bits per heavy atom. The summed E-state index contributed by atoms with van der Waals surface area (Å²) in [5.74, 6) is 2.76. The summed E-state index contributed by atoms with van der Waals surface area (Å²) in [6.45, 7) is 3.27. The molecule has 3 heterocycles. The van der Waals surface area contributed by atoms with Crippen LogP contribution >= 0.6 is 0 Å². The van der Waals surface area contributed by atoms with E-state index in [9.17, 15) is 4.79 Å². The molecule has 0 spiro atoms. The molecule has 2 amide bonds. The monoisotopic (exact) mass is 382 g/mol. The Hall–Kier alpha value is -2.67. The van der Waals surface area contributed by atoms with Gasteiger partial charge < -0.3 is 14.4 Å². The van der Waals surface area contributed by atoms with Crippen LogP contribution in [0.3, 0.4) is 0 Å². The van der Waals surface area contributed by atoms with Crippen LogP contribution in [0, 0.1) is 11.8 Å². The Labute approximate surface area is 165 Å². The molecule has 1 aromatic heterocycles. The van der Waals surface area contributed by atoms with Gasteiger partial charge >= 0.3 is 6.03 Å². The smallest absolute Gasteiger partial charge is 0.324 e. The summed E-state index contributed by atoms with van der Waals surface area (Å²) in [5.41, 5.74) is 0. The number of urea groups is 1. The van der Waals surface area contributed by atoms with Crippen molar-refractivity contribution in [3.05, 3.63) is 42.7 Å². The third kappa shape index (κ3) is 4.78. The lowest BCUT2D eigenvalue weighted by Crippen LogP contribution is -2.45. The van der Waals surface area contributed by atoms with E-state index in [2.05, 4.69) is 15.3 Å². The highest BCUT2D eigenvalue weighted by atomic mass is 16.5. The first kappa shape index (κ1) is 18.7. The van der Waals surface area contributed by atoms with Gasteiger partial charge in [0, 0.05) is 26.3 Å². The number of ether oxygens (including phenoxy) is 2. The molecular weight excluding hydrogens is 356 g/mol. The number of benzene rings is 1. The number of carbonyl (C=O) groups is 1. The molecule has 2 aliphatic heterocycles. The minimum absolute atomic E-state index is 0.131. The second-order valence-corrected chi connectivity index (χ2v) is 7.39. The Morgan fingerprint density at radius 1 is 1.04 bits per heavy atom. The SMILES string of the molecule is O=C(Nc1ncc(Oc2ccccc2)cn1)N1CCCC(C2CCOCC2)C1. The Balaban J connectivity index is 1.31. The first-order valence-corrected chi connectivity index (χ1v) is 9.96. The zero-order valence-electron chi connectivity index (χ0n) is 15.9. The summed E-state index contributed by atoms with van der Waals surface area (Å²) in [6, 6.07) is 9.32. The summed E-state index contributed by atoms with van der Waals surface area (Å²) in [6.07, 6.45) is 7.57. The third-order valence-electron chi connectivity index (χ3n) is 5.50. The molecule has 7 heteroatoms. The van der Waals surface area contributed by atoms with Gasteiger partial charge in [-0.3, -0.25) is 5.32 Å². The highest BCUT2D eigenvalue weighted by Crippen LogP contribution is 2.31. The fourth-order valence-electron chi connectivity index (χ4n) is 4.00. The normalized spacial score (nSPS) is 20.6. The number of nitrogens with zero attached hydrogens (tertiary/aromatic N) is 3. The van der Waals surface area contributed by atoms with Crippen LogP contribution in [0.15, 0.2) is 42.7 Å². The van der Waals surface area contributed by atoms with E-state index in [1.165, 1.54) is 6.42 Å². The summed E-state index contributed by atoms with van der Waals surface area (Å²) >= 11 is 0. The minimum Gasteiger partial charge on any atom is -0.454 e. The van der Waals surface area contributed by atoms with Crippen LogP contribution < -0.4 is 10.1 Å². The number of anilines is 1. The molecule has 1 N–H and O–H groups in total. The van der Waals surface area contributed by atoms with E-state index in [-0.39, 0.29) is 6.03 Å². The van der Waals surface area contributed by atoms with Crippen molar-refractivity contribution in [3.63, 3.8) is 0 Å². The summed E-state index contributed by atoms with van der Waals surface area (Å²) in [4.78, 5) is 23.0. The van der Waals surface area contributed by atoms with Crippen LogP contribution in [0.2, 0.25) is 0 Å². The summed E-state index contributed by atoms with van der Waals surface area (Å²) in [7, 11) is 0. The quantitative estimate of drug-likeness (QED) is 0.867. The van der Waals surface area contributed by atoms with Gasteiger partial charge in [-0.05, 0) is 49.7 Å². The van der Waals surface area contributed by atoms with Gasteiger partial charge in [0.05, 0.1) is 12.4 Å². The van der Waals surface area contributed by atoms with Crippen LogP contribution in [0.4, 0.5) is 10.7 Å². The number of amides is 2. The number of nitrogens with one attached hydrogen (secondary N) is 1. The van der Waals surface area contributed by atoms with Crippen molar-refractivity contribution in [2.75, 3.05) is 31.6 Å². The topological polar surface area (TPSA) is 76.6 Å². The predicted octanol–water partition coefficient (Wildman–Crippen LogP) is 3.94. The molecule has 0 radical (unpaired) electrons. The van der Waals surface area contributed by atoms with Gasteiger partial charge in [0.1, 0.15) is 5.75 Å². The molecule has 28 heavy (non-hydrogen) atoms. The molecule has 1 unspecified atom stereocenters. The minimum atomic E-state index is -0.131. The average molecular weight is 382 g/mol. The van der Waals surface area contributed by atoms with Gasteiger partial charge in [0.2, 0.25) is 5.95 Å². The van der Waals surface area contributed by atoms with Crippen molar-refractivity contribution in [2.45, 2.75) is 25.7 Å². The van der Waals surface area contributed by atoms with Crippen molar-refractivity contribution < 1.29 is 14.3 Å². The first-order valence-electron chi connectivity index (χ1n) is 9.96. The predicted molar refractivity (Wildman–Crippen MR) is 105 cm³/mol. The molecule has 0 aliphatic carbocycles. The Morgan fingerprint density at radius 3 is 2.54 bits per heavy atom. The van der Waals surface area contributed by atoms with Crippen molar-refractivity contribution in [2.24, 2.45) is 11.8 Å². The summed E-state index contributed by atoms with van der Waals surface area (Å²) < 4.78 is 11.1. The number of likely N-dealkylation sites (tertiary alicyclic amines) is 1. The van der Waals surface area contributed by atoms with Crippen molar-refractivity contribution in [3.8, 4) is 11.5 Å². The van der Waals surface area contributed by atoms with Gasteiger partial charge in [0.25, 0.3) is 0 Å². The van der Waals surface area contributed by atoms with E-state index in [4.69, 9.17) is 9.47 Å². The number of para-hydroxylation sites is 1. The van der Waals surface area contributed by atoms with Crippen LogP contribution in [-0.2, 0) is 4.74 Å². The van der Waals surface area contributed by atoms with Gasteiger partial charge in [-0.15, -0.1) is 0 Å². The maximum Gasteiger partial charge on any atom is 0.324 e. The largest absolute Gasteiger partial charge is 0.454 e. The molecule has 4 rings (SSSR count). The van der Waals surface area contributed by atoms with Gasteiger partial charge in [-0.25, -0.2) is 14.8 Å². The second-order valence-electron chi connectivity index (χ2n) is 7.39. The number of hydrogen-bond donors (Lipinski definition) is 1. The summed E-state index contributed by atoms with van der Waals surface area (Å²) in [5, 5.41) is 2.81. The molecular formula is C21H26N4O3. The third-order valence-corrected chi connectivity index (χ3v) is 5.50. The lowest BCUT2D eigenvalue weighted by molar-refractivity contribution is 0.0322. The highest BCUT2D eigenvalue weighted by molar-refractivity contribution is 5.87. The molecule has 2 aromatic rings. The zero-order chi connectivity index (χ0) is 19.2. The maximum atomic E-state index is 12.7. The fraction of sp³-hybridized carbons (Fsp3) is 0.476. The lowest BCUT2D eigenvalue weighted by atomic mass is 9.81. The van der Waals surface area contributed by atoms with Crippen molar-refractivity contribution in [1.29, 1.82) is 0 Å². The van der Waals surface area contributed by atoms with E-state index in [1.54, 1.807) is 12.4 Å². The van der Waals surface area contributed by atoms with E-state index in [0.717, 1.165) is 51.3 Å². The van der Waals surface area contributed by atoms with Crippen LogP contribution in [-0.4, -0.2) is 47.2 Å². The molecule has 2 fully saturated rings. The Bertz CT molecular complexity index is 763. The van der Waals surface area contributed by atoms with Crippen LogP contribution in [0.1, 0.15) is 25.7 Å². The Kier molecular flexibility index (Phi) is 6.01. The van der Waals surface area contributed by atoms with E-state index in [0.29, 0.717) is 23.5 Å². The highest BCUT2D eigenvalue weighted by Gasteiger charge is 2.30. The molecule has 148 valence electrons. The van der Waals surface area contributed by atoms with Gasteiger partial charge in [0.15, 0.2) is 5.75 Å². The first-order chi connectivity index (χ1) is 13.8. The molecule has 2 aliphatic rings.